The van der Waals surface area contributed by atoms with E-state index in [1.54, 1.807) is 6.26 Å². The molecule has 34 heavy (non-hydrogen) atoms. The summed E-state index contributed by atoms with van der Waals surface area (Å²) in [5.74, 6) is 4.39. The van der Waals surface area contributed by atoms with E-state index in [9.17, 15) is 4.79 Å². The molecule has 0 spiro atoms. The third kappa shape index (κ3) is 4.56. The summed E-state index contributed by atoms with van der Waals surface area (Å²) >= 11 is 0. The maximum atomic E-state index is 13.1. The van der Waals surface area contributed by atoms with Crippen LogP contribution in [0.4, 0.5) is 11.5 Å². The summed E-state index contributed by atoms with van der Waals surface area (Å²) in [5, 5.41) is 10.8. The zero-order valence-electron chi connectivity index (χ0n) is 19.6. The Morgan fingerprint density at radius 3 is 2.53 bits per heavy atom. The second kappa shape index (κ2) is 9.06. The minimum atomic E-state index is 0.163. The van der Waals surface area contributed by atoms with Crippen LogP contribution in [-0.2, 0) is 4.79 Å². The number of nitrogens with one attached hydrogen (secondary N) is 3. The molecule has 6 heteroatoms. The Balaban J connectivity index is 1.06. The number of benzene rings is 1. The lowest BCUT2D eigenvalue weighted by molar-refractivity contribution is -0.124. The van der Waals surface area contributed by atoms with Crippen molar-refractivity contribution in [1.29, 1.82) is 0 Å². The smallest absolute Gasteiger partial charge is 0.224 e. The van der Waals surface area contributed by atoms with Gasteiger partial charge in [-0.25, -0.2) is 4.98 Å². The number of anilines is 2. The number of aromatic nitrogens is 1. The number of amides is 1. The minimum Gasteiger partial charge on any atom is -0.468 e. The molecule has 6 nitrogen and oxygen atoms in total. The predicted molar refractivity (Wildman–Crippen MR) is 134 cm³/mol. The molecular weight excluding hydrogens is 424 g/mol. The van der Waals surface area contributed by atoms with Crippen molar-refractivity contribution in [2.45, 2.75) is 44.9 Å². The van der Waals surface area contributed by atoms with E-state index in [1.807, 2.05) is 49.0 Å². The third-order valence-electron chi connectivity index (χ3n) is 8.07. The fourth-order valence-corrected chi connectivity index (χ4v) is 7.21. The van der Waals surface area contributed by atoms with Crippen molar-refractivity contribution in [3.05, 3.63) is 61.0 Å². The molecule has 0 saturated heterocycles. The average Bonchev–Trinajstić information content (AvgIpc) is 3.31. The van der Waals surface area contributed by atoms with Gasteiger partial charge in [-0.3, -0.25) is 4.79 Å². The first-order chi connectivity index (χ1) is 16.6. The molecule has 4 fully saturated rings. The quantitative estimate of drug-likeness (QED) is 0.365. The molecule has 7 rings (SSSR count). The molecule has 4 bridgehead atoms. The van der Waals surface area contributed by atoms with Crippen LogP contribution in [0.5, 0.6) is 0 Å². The van der Waals surface area contributed by atoms with Crippen LogP contribution < -0.4 is 16.0 Å². The first-order valence-corrected chi connectivity index (χ1v) is 12.7. The molecule has 3 aromatic rings. The fraction of sp³-hybridized carbons (Fsp3) is 0.464. The second-order valence-electron chi connectivity index (χ2n) is 10.8. The number of rotatable bonds is 9. The van der Waals surface area contributed by atoms with E-state index in [4.69, 9.17) is 9.40 Å². The van der Waals surface area contributed by atoms with Gasteiger partial charge in [0.25, 0.3) is 0 Å². The molecule has 2 aromatic heterocycles. The van der Waals surface area contributed by atoms with Crippen molar-refractivity contribution >= 4 is 28.3 Å². The number of furan rings is 1. The average molecular weight is 458 g/mol. The van der Waals surface area contributed by atoms with Crippen LogP contribution in [0.2, 0.25) is 0 Å². The van der Waals surface area contributed by atoms with Gasteiger partial charge in [0.2, 0.25) is 5.91 Å². The Hall–Kier alpha value is -2.86. The van der Waals surface area contributed by atoms with Crippen LogP contribution in [0, 0.1) is 29.7 Å². The van der Waals surface area contributed by atoms with E-state index in [-0.39, 0.29) is 11.3 Å². The number of hydrogen-bond acceptors (Lipinski definition) is 5. The van der Waals surface area contributed by atoms with Crippen molar-refractivity contribution in [2.24, 2.45) is 23.2 Å². The molecule has 4 saturated carbocycles. The van der Waals surface area contributed by atoms with E-state index in [2.05, 4.69) is 16.0 Å². The SMILES string of the molecule is O=C(CC12CC3CC(CC(C3)C1)C2)Nc1cccc2nc(NCCN[CH]c3ccco3)ccc12. The van der Waals surface area contributed by atoms with E-state index in [1.165, 1.54) is 38.5 Å². The first-order valence-electron chi connectivity index (χ1n) is 12.7. The topological polar surface area (TPSA) is 79.2 Å². The van der Waals surface area contributed by atoms with Crippen molar-refractivity contribution in [3.63, 3.8) is 0 Å². The minimum absolute atomic E-state index is 0.163. The van der Waals surface area contributed by atoms with Crippen molar-refractivity contribution in [1.82, 2.24) is 10.3 Å². The molecule has 0 aliphatic heterocycles. The van der Waals surface area contributed by atoms with Crippen molar-refractivity contribution in [2.75, 3.05) is 23.7 Å². The van der Waals surface area contributed by atoms with Crippen LogP contribution in [0.1, 0.15) is 50.7 Å². The van der Waals surface area contributed by atoms with Crippen molar-refractivity contribution < 1.29 is 9.21 Å². The number of fused-ring (bicyclic) bond motifs is 1. The summed E-state index contributed by atoms with van der Waals surface area (Å²) in [6.45, 7) is 3.34. The van der Waals surface area contributed by atoms with Gasteiger partial charge in [-0.2, -0.15) is 0 Å². The molecule has 1 aromatic carbocycles. The second-order valence-corrected chi connectivity index (χ2v) is 10.8. The van der Waals surface area contributed by atoms with Crippen LogP contribution in [0.15, 0.2) is 53.1 Å². The van der Waals surface area contributed by atoms with Gasteiger partial charge in [0.05, 0.1) is 24.0 Å². The molecule has 3 N–H and O–H groups in total. The summed E-state index contributed by atoms with van der Waals surface area (Å²) in [4.78, 5) is 17.9. The lowest BCUT2D eigenvalue weighted by atomic mass is 9.49. The van der Waals surface area contributed by atoms with Gasteiger partial charge in [-0.05, 0) is 98.1 Å². The Morgan fingerprint density at radius 1 is 1.00 bits per heavy atom. The van der Waals surface area contributed by atoms with Crippen LogP contribution in [0.3, 0.4) is 0 Å². The Labute approximate surface area is 200 Å². The first kappa shape index (κ1) is 21.7. The highest BCUT2D eigenvalue weighted by molar-refractivity contribution is 6.01. The molecule has 177 valence electrons. The molecule has 2 heterocycles. The number of pyridine rings is 1. The van der Waals surface area contributed by atoms with E-state index < -0.39 is 0 Å². The zero-order valence-corrected chi connectivity index (χ0v) is 19.6. The summed E-state index contributed by atoms with van der Waals surface area (Å²) in [5.41, 5.74) is 2.00. The van der Waals surface area contributed by atoms with Gasteiger partial charge in [0.15, 0.2) is 0 Å². The molecule has 0 atom stereocenters. The zero-order chi connectivity index (χ0) is 23.0. The molecule has 4 aliphatic rings. The maximum absolute atomic E-state index is 13.1. The van der Waals surface area contributed by atoms with E-state index in [0.717, 1.165) is 59.0 Å². The highest BCUT2D eigenvalue weighted by atomic mass is 16.3. The fourth-order valence-electron chi connectivity index (χ4n) is 7.21. The molecule has 1 amide bonds. The lowest BCUT2D eigenvalue weighted by Gasteiger charge is -2.56. The summed E-state index contributed by atoms with van der Waals surface area (Å²) < 4.78 is 5.27. The van der Waals surface area contributed by atoms with E-state index >= 15 is 0 Å². The van der Waals surface area contributed by atoms with Crippen LogP contribution >= 0.6 is 0 Å². The van der Waals surface area contributed by atoms with Crippen molar-refractivity contribution in [3.8, 4) is 0 Å². The highest BCUT2D eigenvalue weighted by Crippen LogP contribution is 2.61. The monoisotopic (exact) mass is 457 g/mol. The Morgan fingerprint density at radius 2 is 1.79 bits per heavy atom. The highest BCUT2D eigenvalue weighted by Gasteiger charge is 2.51. The van der Waals surface area contributed by atoms with Gasteiger partial charge in [0.1, 0.15) is 11.6 Å². The van der Waals surface area contributed by atoms with Gasteiger partial charge in [-0.1, -0.05) is 6.07 Å². The molecular formula is C28H33N4O2. The van der Waals surface area contributed by atoms with Crippen LogP contribution in [-0.4, -0.2) is 24.0 Å². The van der Waals surface area contributed by atoms with E-state index in [0.29, 0.717) is 6.42 Å². The Bertz CT molecular complexity index is 1120. The lowest BCUT2D eigenvalue weighted by Crippen LogP contribution is -2.47. The normalized spacial score (nSPS) is 27.2. The van der Waals surface area contributed by atoms with Gasteiger partial charge < -0.3 is 20.4 Å². The Kier molecular flexibility index (Phi) is 5.77. The largest absolute Gasteiger partial charge is 0.468 e. The van der Waals surface area contributed by atoms with Gasteiger partial charge in [-0.15, -0.1) is 0 Å². The summed E-state index contributed by atoms with van der Waals surface area (Å²) in [7, 11) is 0. The molecule has 0 unspecified atom stereocenters. The molecule has 1 radical (unpaired) electrons. The number of carbonyl (C=O) groups is 1. The number of nitrogens with zero attached hydrogens (tertiary/aromatic N) is 1. The number of hydrogen-bond donors (Lipinski definition) is 3. The number of carbonyl (C=O) groups excluding carboxylic acids is 1. The summed E-state index contributed by atoms with van der Waals surface area (Å²) in [6, 6.07) is 13.8. The molecule has 4 aliphatic carbocycles. The maximum Gasteiger partial charge on any atom is 0.224 e. The summed E-state index contributed by atoms with van der Waals surface area (Å²) in [6.07, 6.45) is 10.3. The predicted octanol–water partition coefficient (Wildman–Crippen LogP) is 5.58. The van der Waals surface area contributed by atoms with Gasteiger partial charge >= 0.3 is 0 Å². The van der Waals surface area contributed by atoms with Gasteiger partial charge in [0, 0.05) is 24.9 Å². The standard InChI is InChI=1S/C28H33N4O2/c33-27(17-28-14-19-11-20(15-28)13-21(12-19)16-28)32-25-5-1-4-24-23(25)6-7-26(31-24)30-9-8-29-18-22-3-2-10-34-22/h1-7,10,18-21,29H,8-9,11-17H2,(H,30,31)(H,32,33). The third-order valence-corrected chi connectivity index (χ3v) is 8.07. The van der Waals surface area contributed by atoms with Crippen LogP contribution in [0.25, 0.3) is 10.9 Å².